The smallest absolute Gasteiger partial charge is 0.341 e. The SMILES string of the molecule is C=CCN=CC1CCc2c(sc(NC(=O)c3ccccc3)c2C(=O)OCC)C1. The lowest BCUT2D eigenvalue weighted by atomic mass is 9.88. The van der Waals surface area contributed by atoms with Gasteiger partial charge in [-0.25, -0.2) is 4.79 Å². The highest BCUT2D eigenvalue weighted by Crippen LogP contribution is 2.40. The maximum Gasteiger partial charge on any atom is 0.341 e. The molecule has 0 fully saturated rings. The predicted molar refractivity (Wildman–Crippen MR) is 114 cm³/mol. The molecule has 3 rings (SSSR count). The Morgan fingerprint density at radius 2 is 2.14 bits per heavy atom. The molecule has 146 valence electrons. The average molecular weight is 397 g/mol. The Kier molecular flexibility index (Phi) is 6.76. The lowest BCUT2D eigenvalue weighted by molar-refractivity contribution is 0.0526. The molecule has 1 aliphatic carbocycles. The van der Waals surface area contributed by atoms with Gasteiger partial charge >= 0.3 is 5.97 Å². The minimum absolute atomic E-state index is 0.228. The number of rotatable bonds is 7. The number of hydrogen-bond acceptors (Lipinski definition) is 5. The molecular weight excluding hydrogens is 372 g/mol. The molecule has 0 radical (unpaired) electrons. The Hall–Kier alpha value is -2.73. The normalized spacial score (nSPS) is 15.8. The van der Waals surface area contributed by atoms with Crippen LogP contribution in [0, 0.1) is 5.92 Å². The molecular formula is C22H24N2O3S. The van der Waals surface area contributed by atoms with E-state index in [9.17, 15) is 9.59 Å². The summed E-state index contributed by atoms with van der Waals surface area (Å²) in [5.41, 5.74) is 2.06. The van der Waals surface area contributed by atoms with Crippen molar-refractivity contribution in [3.8, 4) is 0 Å². The zero-order valence-electron chi connectivity index (χ0n) is 15.9. The summed E-state index contributed by atoms with van der Waals surface area (Å²) < 4.78 is 5.27. The fourth-order valence-electron chi connectivity index (χ4n) is 3.30. The third-order valence-electron chi connectivity index (χ3n) is 4.60. The molecule has 28 heavy (non-hydrogen) atoms. The molecule has 1 amide bonds. The van der Waals surface area contributed by atoms with E-state index >= 15 is 0 Å². The van der Waals surface area contributed by atoms with E-state index in [4.69, 9.17) is 4.74 Å². The number of anilines is 1. The fourth-order valence-corrected chi connectivity index (χ4v) is 4.62. The molecule has 1 N–H and O–H groups in total. The number of esters is 1. The van der Waals surface area contributed by atoms with E-state index < -0.39 is 0 Å². The largest absolute Gasteiger partial charge is 0.462 e. The van der Waals surface area contributed by atoms with E-state index in [0.717, 1.165) is 29.7 Å². The first kappa shape index (κ1) is 20.0. The summed E-state index contributed by atoms with van der Waals surface area (Å²) in [6.07, 6.45) is 6.26. The molecule has 0 spiro atoms. The molecule has 1 aliphatic rings. The minimum atomic E-state index is -0.373. The van der Waals surface area contributed by atoms with E-state index in [-0.39, 0.29) is 11.9 Å². The molecule has 1 heterocycles. The summed E-state index contributed by atoms with van der Waals surface area (Å²) in [4.78, 5) is 30.7. The number of ether oxygens (including phenoxy) is 1. The highest BCUT2D eigenvalue weighted by Gasteiger charge is 2.30. The van der Waals surface area contributed by atoms with Crippen molar-refractivity contribution in [3.63, 3.8) is 0 Å². The number of fused-ring (bicyclic) bond motifs is 1. The summed E-state index contributed by atoms with van der Waals surface area (Å²) in [7, 11) is 0. The van der Waals surface area contributed by atoms with Gasteiger partial charge in [0, 0.05) is 16.7 Å². The van der Waals surface area contributed by atoms with Gasteiger partial charge in [-0.15, -0.1) is 17.9 Å². The van der Waals surface area contributed by atoms with Crippen molar-refractivity contribution in [3.05, 3.63) is 64.6 Å². The van der Waals surface area contributed by atoms with Crippen molar-refractivity contribution in [2.24, 2.45) is 10.9 Å². The molecule has 1 aromatic carbocycles. The van der Waals surface area contributed by atoms with Crippen LogP contribution in [-0.2, 0) is 17.6 Å². The van der Waals surface area contributed by atoms with Gasteiger partial charge in [0.25, 0.3) is 5.91 Å². The third kappa shape index (κ3) is 4.57. The van der Waals surface area contributed by atoms with E-state index in [1.54, 1.807) is 25.1 Å². The van der Waals surface area contributed by atoms with Gasteiger partial charge in [0.1, 0.15) is 5.00 Å². The van der Waals surface area contributed by atoms with Gasteiger partial charge in [-0.1, -0.05) is 24.3 Å². The van der Waals surface area contributed by atoms with Gasteiger partial charge < -0.3 is 10.1 Å². The highest BCUT2D eigenvalue weighted by molar-refractivity contribution is 7.17. The van der Waals surface area contributed by atoms with Crippen molar-refractivity contribution in [1.29, 1.82) is 0 Å². The summed E-state index contributed by atoms with van der Waals surface area (Å²) in [5.74, 6) is -0.269. The van der Waals surface area contributed by atoms with Gasteiger partial charge in [-0.2, -0.15) is 0 Å². The molecule has 0 saturated carbocycles. The van der Waals surface area contributed by atoms with Gasteiger partial charge in [-0.05, 0) is 49.8 Å². The van der Waals surface area contributed by atoms with E-state index in [1.807, 2.05) is 24.4 Å². The van der Waals surface area contributed by atoms with Crippen LogP contribution in [0.25, 0.3) is 0 Å². The predicted octanol–water partition coefficient (Wildman–Crippen LogP) is 4.54. The van der Waals surface area contributed by atoms with Gasteiger partial charge in [0.05, 0.1) is 18.7 Å². The van der Waals surface area contributed by atoms with Gasteiger partial charge in [0.15, 0.2) is 0 Å². The van der Waals surface area contributed by atoms with Crippen LogP contribution in [0.1, 0.15) is 44.5 Å². The lowest BCUT2D eigenvalue weighted by Crippen LogP contribution is -2.18. The van der Waals surface area contributed by atoms with Crippen molar-refractivity contribution in [2.45, 2.75) is 26.2 Å². The number of aliphatic imine (C=N–C) groups is 1. The Labute approximate surface area is 169 Å². The first-order chi connectivity index (χ1) is 13.6. The van der Waals surface area contributed by atoms with Crippen LogP contribution in [-0.4, -0.2) is 31.2 Å². The van der Waals surface area contributed by atoms with Crippen LogP contribution < -0.4 is 5.32 Å². The van der Waals surface area contributed by atoms with E-state index in [0.29, 0.717) is 35.2 Å². The number of carbonyl (C=O) groups is 2. The van der Waals surface area contributed by atoms with Gasteiger partial charge in [0.2, 0.25) is 0 Å². The second-order valence-corrected chi connectivity index (χ2v) is 7.66. The van der Waals surface area contributed by atoms with Crippen LogP contribution in [0.5, 0.6) is 0 Å². The number of hydrogen-bond donors (Lipinski definition) is 1. The molecule has 0 saturated heterocycles. The molecule has 0 aliphatic heterocycles. The quantitative estimate of drug-likeness (QED) is 0.424. The first-order valence-corrected chi connectivity index (χ1v) is 10.2. The minimum Gasteiger partial charge on any atom is -0.462 e. The fraction of sp³-hybridized carbons (Fsp3) is 0.318. The van der Waals surface area contributed by atoms with Crippen LogP contribution in [0.15, 0.2) is 48.0 Å². The zero-order chi connectivity index (χ0) is 19.9. The van der Waals surface area contributed by atoms with Crippen molar-refractivity contribution < 1.29 is 14.3 Å². The van der Waals surface area contributed by atoms with Crippen LogP contribution >= 0.6 is 11.3 Å². The van der Waals surface area contributed by atoms with E-state index in [1.165, 1.54) is 11.3 Å². The van der Waals surface area contributed by atoms with Crippen LogP contribution in [0.2, 0.25) is 0 Å². The first-order valence-electron chi connectivity index (χ1n) is 9.42. The van der Waals surface area contributed by atoms with E-state index in [2.05, 4.69) is 16.9 Å². The Bertz CT molecular complexity index is 887. The number of nitrogens with one attached hydrogen (secondary N) is 1. The van der Waals surface area contributed by atoms with Crippen LogP contribution in [0.3, 0.4) is 0 Å². The number of benzene rings is 1. The molecule has 2 aromatic rings. The molecule has 1 atom stereocenters. The van der Waals surface area contributed by atoms with Crippen molar-refractivity contribution in [1.82, 2.24) is 0 Å². The maximum absolute atomic E-state index is 12.6. The molecule has 1 aromatic heterocycles. The Balaban J connectivity index is 1.88. The number of amides is 1. The second kappa shape index (κ2) is 9.46. The monoisotopic (exact) mass is 396 g/mol. The second-order valence-electron chi connectivity index (χ2n) is 6.55. The molecule has 0 bridgehead atoms. The zero-order valence-corrected chi connectivity index (χ0v) is 16.8. The lowest BCUT2D eigenvalue weighted by Gasteiger charge is -2.19. The summed E-state index contributed by atoms with van der Waals surface area (Å²) in [6, 6.07) is 8.98. The number of thiophene rings is 1. The molecule has 1 unspecified atom stereocenters. The third-order valence-corrected chi connectivity index (χ3v) is 5.77. The summed E-state index contributed by atoms with van der Waals surface area (Å²) in [6.45, 7) is 6.37. The standard InChI is InChI=1S/C22H24N2O3S/c1-3-12-23-14-15-10-11-17-18(13-15)28-21(19(17)22(26)27-4-2)24-20(25)16-8-6-5-7-9-16/h3,5-9,14-15H,1,4,10-13H2,2H3,(H,24,25). The maximum atomic E-state index is 12.6. The molecule has 6 heteroatoms. The van der Waals surface area contributed by atoms with Crippen LogP contribution in [0.4, 0.5) is 5.00 Å². The summed E-state index contributed by atoms with van der Waals surface area (Å²) in [5, 5.41) is 3.49. The number of carbonyl (C=O) groups excluding carboxylic acids is 2. The van der Waals surface area contributed by atoms with Crippen molar-refractivity contribution >= 4 is 34.4 Å². The topological polar surface area (TPSA) is 67.8 Å². The summed E-state index contributed by atoms with van der Waals surface area (Å²) >= 11 is 1.47. The Morgan fingerprint density at radius 3 is 2.86 bits per heavy atom. The number of nitrogens with zero attached hydrogens (tertiary/aromatic N) is 1. The van der Waals surface area contributed by atoms with Crippen molar-refractivity contribution in [2.75, 3.05) is 18.5 Å². The van der Waals surface area contributed by atoms with Gasteiger partial charge in [-0.3, -0.25) is 9.79 Å². The molecule has 5 nitrogen and oxygen atoms in total. The average Bonchev–Trinajstić information content (AvgIpc) is 3.06. The Morgan fingerprint density at radius 1 is 1.36 bits per heavy atom. The highest BCUT2D eigenvalue weighted by atomic mass is 32.1.